The van der Waals surface area contributed by atoms with Crippen molar-refractivity contribution in [3.63, 3.8) is 0 Å². The maximum atomic E-state index is 12.2. The second-order valence-corrected chi connectivity index (χ2v) is 9.22. The molecular weight excluding hydrogens is 347 g/mol. The van der Waals surface area contributed by atoms with E-state index in [-0.39, 0.29) is 36.0 Å². The zero-order valence-corrected chi connectivity index (χ0v) is 16.4. The molecule has 1 saturated heterocycles. The Hall–Kier alpha value is -0.720. The van der Waals surface area contributed by atoms with Crippen molar-refractivity contribution in [1.82, 2.24) is 0 Å². The van der Waals surface area contributed by atoms with E-state index in [1.807, 2.05) is 19.9 Å². The zero-order valence-electron chi connectivity index (χ0n) is 15.5. The van der Waals surface area contributed by atoms with E-state index in [0.717, 1.165) is 5.57 Å². The second-order valence-electron chi connectivity index (χ2n) is 6.95. The van der Waals surface area contributed by atoms with Crippen LogP contribution in [0, 0.1) is 23.7 Å². The maximum absolute atomic E-state index is 12.2. The van der Waals surface area contributed by atoms with Crippen molar-refractivity contribution < 1.29 is 33.0 Å². The molecule has 0 aromatic carbocycles. The van der Waals surface area contributed by atoms with Crippen LogP contribution in [-0.2, 0) is 27.9 Å². The quantitative estimate of drug-likeness (QED) is 0.414. The number of ether oxygens (including phenoxy) is 2. The number of rotatable bonds is 7. The number of aliphatic hydroxyl groups is 1. The molecule has 0 aromatic rings. The molecule has 25 heavy (non-hydrogen) atoms. The van der Waals surface area contributed by atoms with Crippen molar-refractivity contribution in [2.24, 2.45) is 23.7 Å². The Bertz CT molecular complexity index is 553. The van der Waals surface area contributed by atoms with Gasteiger partial charge in [-0.1, -0.05) is 18.6 Å². The smallest absolute Gasteiger partial charge is 0.334 e. The monoisotopic (exact) mass is 376 g/mol. The van der Waals surface area contributed by atoms with E-state index in [4.69, 9.17) is 18.5 Å². The van der Waals surface area contributed by atoms with Crippen LogP contribution in [0.4, 0.5) is 0 Å². The molecule has 2 fully saturated rings. The molecule has 0 aromatic heterocycles. The molecule has 1 aliphatic heterocycles. The predicted molar refractivity (Wildman–Crippen MR) is 92.3 cm³/mol. The number of allylic oxidation sites excluding steroid dienone is 2. The first kappa shape index (κ1) is 20.6. The number of esters is 1. The number of hydrogen-bond donors (Lipinski definition) is 1. The van der Waals surface area contributed by atoms with Crippen LogP contribution in [0.1, 0.15) is 20.3 Å². The van der Waals surface area contributed by atoms with Crippen molar-refractivity contribution in [2.45, 2.75) is 32.5 Å². The Kier molecular flexibility index (Phi) is 6.85. The molecule has 0 amide bonds. The lowest BCUT2D eigenvalue weighted by Gasteiger charge is -2.43. The summed E-state index contributed by atoms with van der Waals surface area (Å²) in [4.78, 5) is 12.0. The van der Waals surface area contributed by atoms with Gasteiger partial charge >= 0.3 is 13.6 Å². The number of carbonyl (C=O) groups excluding carboxylic acids is 1. The van der Waals surface area contributed by atoms with Crippen molar-refractivity contribution in [3.05, 3.63) is 11.6 Å². The van der Waals surface area contributed by atoms with Gasteiger partial charge in [0.15, 0.2) is 0 Å². The standard InChI is InChI=1S/C17H29O7P/c1-10(9-25(20,22-4)23-5)6-7-12-15(18)14-13(8-24-17(14)19)11(2)16(12)21-3/h6,11-16,18H,7-9H2,1-5H3/b10-6+. The number of fused-ring (bicyclic) bond motifs is 1. The predicted octanol–water partition coefficient (Wildman–Crippen LogP) is 2.24. The lowest BCUT2D eigenvalue weighted by atomic mass is 9.65. The summed E-state index contributed by atoms with van der Waals surface area (Å²) >= 11 is 0. The molecule has 7 nitrogen and oxygen atoms in total. The molecule has 1 saturated carbocycles. The average molecular weight is 376 g/mol. The first-order valence-corrected chi connectivity index (χ1v) is 10.2. The van der Waals surface area contributed by atoms with Gasteiger partial charge in [0.2, 0.25) is 0 Å². The molecule has 6 atom stereocenters. The van der Waals surface area contributed by atoms with E-state index in [0.29, 0.717) is 13.0 Å². The second kappa shape index (κ2) is 8.31. The number of hydrogen-bond acceptors (Lipinski definition) is 7. The summed E-state index contributed by atoms with van der Waals surface area (Å²) in [6, 6.07) is 0. The van der Waals surface area contributed by atoms with E-state index in [2.05, 4.69) is 0 Å². The Balaban J connectivity index is 2.14. The molecule has 0 radical (unpaired) electrons. The third-order valence-corrected chi connectivity index (χ3v) is 7.58. The third kappa shape index (κ3) is 4.17. The lowest BCUT2D eigenvalue weighted by molar-refractivity contribution is -0.153. The summed E-state index contributed by atoms with van der Waals surface area (Å²) in [6.07, 6.45) is 1.62. The highest BCUT2D eigenvalue weighted by molar-refractivity contribution is 7.54. The molecule has 0 bridgehead atoms. The largest absolute Gasteiger partial charge is 0.465 e. The number of methoxy groups -OCH3 is 1. The summed E-state index contributed by atoms with van der Waals surface area (Å²) < 4.78 is 32.9. The molecule has 8 heteroatoms. The summed E-state index contributed by atoms with van der Waals surface area (Å²) in [5.41, 5.74) is 0.845. The van der Waals surface area contributed by atoms with Crippen LogP contribution in [0.2, 0.25) is 0 Å². The minimum atomic E-state index is -3.12. The van der Waals surface area contributed by atoms with Crippen molar-refractivity contribution in [1.29, 1.82) is 0 Å². The van der Waals surface area contributed by atoms with Crippen LogP contribution in [0.25, 0.3) is 0 Å². The van der Waals surface area contributed by atoms with Gasteiger partial charge in [-0.2, -0.15) is 0 Å². The molecule has 2 rings (SSSR count). The number of cyclic esters (lactones) is 1. The van der Waals surface area contributed by atoms with Gasteiger partial charge in [0.1, 0.15) is 0 Å². The van der Waals surface area contributed by atoms with Crippen molar-refractivity contribution >= 4 is 13.6 Å². The van der Waals surface area contributed by atoms with Gasteiger partial charge in [0.25, 0.3) is 0 Å². The highest BCUT2D eigenvalue weighted by Crippen LogP contribution is 2.48. The fourth-order valence-electron chi connectivity index (χ4n) is 4.09. The van der Waals surface area contributed by atoms with E-state index >= 15 is 0 Å². The van der Waals surface area contributed by atoms with E-state index in [9.17, 15) is 14.5 Å². The number of carbonyl (C=O) groups is 1. The third-order valence-electron chi connectivity index (χ3n) is 5.58. The molecule has 144 valence electrons. The van der Waals surface area contributed by atoms with Gasteiger partial charge in [-0.15, -0.1) is 0 Å². The molecule has 6 unspecified atom stereocenters. The first-order valence-electron chi connectivity index (χ1n) is 8.51. The van der Waals surface area contributed by atoms with Crippen LogP contribution < -0.4 is 0 Å². The summed E-state index contributed by atoms with van der Waals surface area (Å²) in [6.45, 7) is 4.22. The normalized spacial score (nSPS) is 36.2. The van der Waals surface area contributed by atoms with Crippen LogP contribution in [0.5, 0.6) is 0 Å². The van der Waals surface area contributed by atoms with E-state index in [1.165, 1.54) is 14.2 Å². The Morgan fingerprint density at radius 1 is 1.36 bits per heavy atom. The molecule has 1 N–H and O–H groups in total. The topological polar surface area (TPSA) is 91.3 Å². The Labute approximate surface area is 149 Å². The number of aliphatic hydroxyl groups excluding tert-OH is 1. The molecular formula is C17H29O7P. The van der Waals surface area contributed by atoms with Gasteiger partial charge in [-0.25, -0.2) is 0 Å². The van der Waals surface area contributed by atoms with Gasteiger partial charge in [-0.3, -0.25) is 9.36 Å². The summed E-state index contributed by atoms with van der Waals surface area (Å²) in [5, 5.41) is 10.8. The van der Waals surface area contributed by atoms with Gasteiger partial charge in [-0.05, 0) is 19.3 Å². The van der Waals surface area contributed by atoms with E-state index in [1.54, 1.807) is 7.11 Å². The van der Waals surface area contributed by atoms with Gasteiger partial charge in [0.05, 0.1) is 30.9 Å². The highest BCUT2D eigenvalue weighted by Gasteiger charge is 2.54. The first-order chi connectivity index (χ1) is 11.8. The van der Waals surface area contributed by atoms with Gasteiger partial charge in [0, 0.05) is 33.2 Å². The molecule has 1 aliphatic carbocycles. The summed E-state index contributed by atoms with van der Waals surface area (Å²) in [7, 11) is 1.22. The fraction of sp³-hybridized carbons (Fsp3) is 0.824. The van der Waals surface area contributed by atoms with Crippen molar-refractivity contribution in [2.75, 3.05) is 34.1 Å². The average Bonchev–Trinajstić information content (AvgIpc) is 2.98. The zero-order chi connectivity index (χ0) is 18.8. The summed E-state index contributed by atoms with van der Waals surface area (Å²) in [5.74, 6) is -0.966. The Morgan fingerprint density at radius 2 is 2.00 bits per heavy atom. The Morgan fingerprint density at radius 3 is 2.56 bits per heavy atom. The molecule has 2 aliphatic rings. The maximum Gasteiger partial charge on any atom is 0.334 e. The van der Waals surface area contributed by atoms with Crippen molar-refractivity contribution in [3.8, 4) is 0 Å². The van der Waals surface area contributed by atoms with E-state index < -0.39 is 19.6 Å². The van der Waals surface area contributed by atoms with Crippen LogP contribution in [0.3, 0.4) is 0 Å². The SMILES string of the molecule is COC1C(C)C2COC(=O)C2C(O)C1C/C=C(\C)CP(=O)(OC)OC. The molecule has 0 spiro atoms. The highest BCUT2D eigenvalue weighted by atomic mass is 31.2. The minimum Gasteiger partial charge on any atom is -0.465 e. The van der Waals surface area contributed by atoms with Crippen LogP contribution >= 0.6 is 7.60 Å². The van der Waals surface area contributed by atoms with Gasteiger partial charge < -0.3 is 23.6 Å². The molecule has 1 heterocycles. The van der Waals surface area contributed by atoms with Crippen LogP contribution in [-0.4, -0.2) is 57.4 Å². The minimum absolute atomic E-state index is 0.0176. The fourth-order valence-corrected chi connectivity index (χ4v) is 5.24. The van der Waals surface area contributed by atoms with Crippen LogP contribution in [0.15, 0.2) is 11.6 Å². The lowest BCUT2D eigenvalue weighted by Crippen LogP contribution is -2.52.